The van der Waals surface area contributed by atoms with Crippen LogP contribution in [0, 0.1) is 11.3 Å². The molecule has 2 aromatic rings. The number of rotatable bonds is 7. The van der Waals surface area contributed by atoms with E-state index in [-0.39, 0.29) is 10.8 Å². The zero-order valence-corrected chi connectivity index (χ0v) is 13.8. The Bertz CT molecular complexity index is 771. The number of furan rings is 1. The molecule has 1 atom stereocenters. The van der Waals surface area contributed by atoms with Gasteiger partial charge in [-0.25, -0.2) is 8.42 Å². The van der Waals surface area contributed by atoms with Crippen molar-refractivity contribution in [2.24, 2.45) is 0 Å². The summed E-state index contributed by atoms with van der Waals surface area (Å²) in [5, 5.41) is 8.80. The van der Waals surface area contributed by atoms with Crippen LogP contribution in [-0.4, -0.2) is 22.1 Å². The molecule has 0 saturated heterocycles. The fourth-order valence-electron chi connectivity index (χ4n) is 1.88. The molecule has 0 radical (unpaired) electrons. The summed E-state index contributed by atoms with van der Waals surface area (Å²) < 4.78 is 38.1. The molecule has 8 heteroatoms. The van der Waals surface area contributed by atoms with Crippen molar-refractivity contribution in [3.05, 3.63) is 40.7 Å². The Morgan fingerprint density at radius 3 is 2.73 bits per heavy atom. The highest BCUT2D eigenvalue weighted by molar-refractivity contribution is 7.91. The fourth-order valence-corrected chi connectivity index (χ4v) is 4.19. The van der Waals surface area contributed by atoms with Gasteiger partial charge in [0.2, 0.25) is 0 Å². The van der Waals surface area contributed by atoms with Crippen molar-refractivity contribution in [1.82, 2.24) is 4.72 Å². The normalized spacial score (nSPS) is 13.0. The highest BCUT2D eigenvalue weighted by Gasteiger charge is 2.25. The molecule has 22 heavy (non-hydrogen) atoms. The van der Waals surface area contributed by atoms with Gasteiger partial charge in [0, 0.05) is 13.5 Å². The van der Waals surface area contributed by atoms with E-state index in [0.717, 1.165) is 23.5 Å². The van der Waals surface area contributed by atoms with Crippen LogP contribution in [0.2, 0.25) is 0 Å². The number of hydrogen-bond donors (Lipinski definition) is 1. The molecule has 2 rings (SSSR count). The number of sulfonamides is 1. The summed E-state index contributed by atoms with van der Waals surface area (Å²) in [6.07, 6.45) is 0.725. The van der Waals surface area contributed by atoms with E-state index >= 15 is 0 Å². The van der Waals surface area contributed by atoms with Crippen LogP contribution in [0.3, 0.4) is 0 Å². The van der Waals surface area contributed by atoms with Gasteiger partial charge in [0.25, 0.3) is 10.0 Å². The molecule has 6 nitrogen and oxygen atoms in total. The first-order valence-electron chi connectivity index (χ1n) is 6.60. The summed E-state index contributed by atoms with van der Waals surface area (Å²) in [7, 11) is -2.25. The molecule has 0 spiro atoms. The SMILES string of the molecule is CCc1ccc(C(COC)NS(=O)(=O)c2ccc(C#N)s2)o1. The molecule has 0 aliphatic carbocycles. The topological polar surface area (TPSA) is 92.3 Å². The lowest BCUT2D eigenvalue weighted by Crippen LogP contribution is -2.30. The van der Waals surface area contributed by atoms with Crippen LogP contribution < -0.4 is 4.72 Å². The largest absolute Gasteiger partial charge is 0.464 e. The van der Waals surface area contributed by atoms with Gasteiger partial charge in [0.15, 0.2) is 0 Å². The maximum atomic E-state index is 12.4. The van der Waals surface area contributed by atoms with E-state index in [4.69, 9.17) is 14.4 Å². The molecular formula is C14H16N2O4S2. The molecule has 0 aliphatic rings. The molecule has 0 saturated carbocycles. The lowest BCUT2D eigenvalue weighted by Gasteiger charge is -2.15. The quantitative estimate of drug-likeness (QED) is 0.836. The summed E-state index contributed by atoms with van der Waals surface area (Å²) in [6.45, 7) is 2.10. The number of nitrogens with one attached hydrogen (secondary N) is 1. The van der Waals surface area contributed by atoms with Gasteiger partial charge in [-0.1, -0.05) is 6.92 Å². The third-order valence-corrected chi connectivity index (χ3v) is 5.91. The number of hydrogen-bond acceptors (Lipinski definition) is 6. The summed E-state index contributed by atoms with van der Waals surface area (Å²) in [6, 6.07) is 7.74. The third kappa shape index (κ3) is 3.75. The van der Waals surface area contributed by atoms with E-state index in [1.807, 2.05) is 19.1 Å². The van der Waals surface area contributed by atoms with Crippen molar-refractivity contribution >= 4 is 21.4 Å². The minimum absolute atomic E-state index is 0.0902. The van der Waals surface area contributed by atoms with E-state index in [2.05, 4.69) is 4.72 Å². The lowest BCUT2D eigenvalue weighted by molar-refractivity contribution is 0.166. The molecule has 2 aromatic heterocycles. The van der Waals surface area contributed by atoms with Crippen LogP contribution >= 0.6 is 11.3 Å². The Hall–Kier alpha value is -1.66. The van der Waals surface area contributed by atoms with Crippen LogP contribution in [0.25, 0.3) is 0 Å². The molecule has 0 bridgehead atoms. The van der Waals surface area contributed by atoms with E-state index in [9.17, 15) is 8.42 Å². The van der Waals surface area contributed by atoms with E-state index in [1.165, 1.54) is 19.2 Å². The molecular weight excluding hydrogens is 324 g/mol. The van der Waals surface area contributed by atoms with Gasteiger partial charge in [0.1, 0.15) is 32.7 Å². The zero-order chi connectivity index (χ0) is 16.2. The number of aryl methyl sites for hydroxylation is 1. The monoisotopic (exact) mass is 340 g/mol. The Morgan fingerprint density at radius 2 is 2.18 bits per heavy atom. The molecule has 0 fully saturated rings. The van der Waals surface area contributed by atoms with Gasteiger partial charge >= 0.3 is 0 Å². The van der Waals surface area contributed by atoms with Gasteiger partial charge in [-0.2, -0.15) is 9.98 Å². The minimum atomic E-state index is -3.74. The second kappa shape index (κ2) is 7.07. The Kier molecular flexibility index (Phi) is 5.37. The smallest absolute Gasteiger partial charge is 0.250 e. The van der Waals surface area contributed by atoms with Crippen molar-refractivity contribution in [2.45, 2.75) is 23.6 Å². The maximum Gasteiger partial charge on any atom is 0.250 e. The number of nitriles is 1. The second-order valence-electron chi connectivity index (χ2n) is 4.52. The van der Waals surface area contributed by atoms with Crippen molar-refractivity contribution < 1.29 is 17.6 Å². The van der Waals surface area contributed by atoms with Gasteiger partial charge in [0.05, 0.1) is 6.61 Å². The fraction of sp³-hybridized carbons (Fsp3) is 0.357. The van der Waals surface area contributed by atoms with Gasteiger partial charge < -0.3 is 9.15 Å². The zero-order valence-electron chi connectivity index (χ0n) is 12.2. The highest BCUT2D eigenvalue weighted by Crippen LogP contribution is 2.24. The van der Waals surface area contributed by atoms with E-state index in [0.29, 0.717) is 10.6 Å². The van der Waals surface area contributed by atoms with Crippen LogP contribution in [-0.2, 0) is 21.2 Å². The second-order valence-corrected chi connectivity index (χ2v) is 7.54. The first-order valence-corrected chi connectivity index (χ1v) is 8.90. The minimum Gasteiger partial charge on any atom is -0.464 e. The summed E-state index contributed by atoms with van der Waals surface area (Å²) >= 11 is 0.922. The number of methoxy groups -OCH3 is 1. The summed E-state index contributed by atoms with van der Waals surface area (Å²) in [5.74, 6) is 1.28. The predicted molar refractivity (Wildman–Crippen MR) is 82.1 cm³/mol. The summed E-state index contributed by atoms with van der Waals surface area (Å²) in [4.78, 5) is 0.343. The number of thiophene rings is 1. The van der Waals surface area contributed by atoms with E-state index in [1.54, 1.807) is 6.07 Å². The average molecular weight is 340 g/mol. The van der Waals surface area contributed by atoms with Gasteiger partial charge in [-0.15, -0.1) is 11.3 Å². The Morgan fingerprint density at radius 1 is 1.41 bits per heavy atom. The van der Waals surface area contributed by atoms with Crippen molar-refractivity contribution in [3.63, 3.8) is 0 Å². The van der Waals surface area contributed by atoms with Crippen molar-refractivity contribution in [1.29, 1.82) is 5.26 Å². The molecule has 118 valence electrons. The average Bonchev–Trinajstić information content (AvgIpc) is 3.16. The highest BCUT2D eigenvalue weighted by atomic mass is 32.2. The van der Waals surface area contributed by atoms with Crippen LogP contribution in [0.5, 0.6) is 0 Å². The standard InChI is InChI=1S/C14H16N2O4S2/c1-3-10-4-6-13(20-10)12(9-19-2)16-22(17,18)14-7-5-11(8-15)21-14/h4-7,12,16H,3,9H2,1-2H3. The Labute approximate surface area is 133 Å². The van der Waals surface area contributed by atoms with E-state index < -0.39 is 16.1 Å². The van der Waals surface area contributed by atoms with Crippen molar-refractivity contribution in [3.8, 4) is 6.07 Å². The maximum absolute atomic E-state index is 12.4. The number of ether oxygens (including phenoxy) is 1. The summed E-state index contributed by atoms with van der Waals surface area (Å²) in [5.41, 5.74) is 0. The Balaban J connectivity index is 2.24. The van der Waals surface area contributed by atoms with Crippen molar-refractivity contribution in [2.75, 3.05) is 13.7 Å². The third-order valence-electron chi connectivity index (χ3n) is 2.96. The molecule has 1 N–H and O–H groups in total. The predicted octanol–water partition coefficient (Wildman–Crippen LogP) is 2.44. The van der Waals surface area contributed by atoms with Gasteiger partial charge in [-0.3, -0.25) is 0 Å². The molecule has 0 aromatic carbocycles. The molecule has 2 heterocycles. The van der Waals surface area contributed by atoms with Gasteiger partial charge in [-0.05, 0) is 24.3 Å². The molecule has 1 unspecified atom stereocenters. The van der Waals surface area contributed by atoms with Crippen LogP contribution in [0.15, 0.2) is 32.9 Å². The first-order chi connectivity index (χ1) is 10.5. The molecule has 0 amide bonds. The lowest BCUT2D eigenvalue weighted by atomic mass is 10.2. The van der Waals surface area contributed by atoms with Crippen LogP contribution in [0.1, 0.15) is 29.4 Å². The first kappa shape index (κ1) is 16.7. The number of nitrogens with zero attached hydrogens (tertiary/aromatic N) is 1. The molecule has 0 aliphatic heterocycles. The van der Waals surface area contributed by atoms with Crippen LogP contribution in [0.4, 0.5) is 0 Å².